The lowest BCUT2D eigenvalue weighted by Crippen LogP contribution is -2.52. The fourth-order valence-corrected chi connectivity index (χ4v) is 5.74. The number of nitrogens with zero attached hydrogens (tertiary/aromatic N) is 1. The van der Waals surface area contributed by atoms with Crippen LogP contribution >= 0.6 is 0 Å². The number of carbonyl (C=O) groups is 2. The topological polar surface area (TPSA) is 106 Å². The van der Waals surface area contributed by atoms with E-state index in [1.165, 1.54) is 0 Å². The van der Waals surface area contributed by atoms with Gasteiger partial charge in [0.2, 0.25) is 5.91 Å². The third-order valence-electron chi connectivity index (χ3n) is 7.70. The predicted octanol–water partition coefficient (Wildman–Crippen LogP) is 5.92. The van der Waals surface area contributed by atoms with Crippen LogP contribution in [0.2, 0.25) is 0 Å². The van der Waals surface area contributed by atoms with Crippen LogP contribution in [0.4, 0.5) is 4.79 Å². The molecule has 0 atom stereocenters. The number of urea groups is 1. The average molecular weight is 537 g/mol. The van der Waals surface area contributed by atoms with Gasteiger partial charge in [0.1, 0.15) is 12.4 Å². The van der Waals surface area contributed by atoms with Gasteiger partial charge in [-0.15, -0.1) is 0 Å². The first kappa shape index (κ1) is 27.2. The van der Waals surface area contributed by atoms with Crippen molar-refractivity contribution in [3.05, 3.63) is 107 Å². The Balaban J connectivity index is 1.38. The van der Waals surface area contributed by atoms with E-state index >= 15 is 0 Å². The Morgan fingerprint density at radius 3 is 2.48 bits per heavy atom. The van der Waals surface area contributed by atoms with Gasteiger partial charge in [0.25, 0.3) is 0 Å². The fraction of sp³-hybridized carbons (Fsp3) is 0.303. The predicted molar refractivity (Wildman–Crippen MR) is 157 cm³/mol. The minimum absolute atomic E-state index is 0.252. The van der Waals surface area contributed by atoms with Crippen molar-refractivity contribution in [3.63, 3.8) is 0 Å². The van der Waals surface area contributed by atoms with Crippen molar-refractivity contribution in [3.8, 4) is 5.75 Å². The van der Waals surface area contributed by atoms with Crippen LogP contribution in [0.1, 0.15) is 64.8 Å². The first-order valence-electron chi connectivity index (χ1n) is 14.0. The van der Waals surface area contributed by atoms with Crippen molar-refractivity contribution < 1.29 is 14.3 Å². The van der Waals surface area contributed by atoms with Gasteiger partial charge in [-0.1, -0.05) is 67.8 Å². The molecule has 1 heterocycles. The maximum Gasteiger partial charge on any atom is 0.315 e. The van der Waals surface area contributed by atoms with Gasteiger partial charge in [-0.05, 0) is 67.6 Å². The van der Waals surface area contributed by atoms with Gasteiger partial charge in [0.15, 0.2) is 0 Å². The van der Waals surface area contributed by atoms with Crippen LogP contribution in [0.15, 0.2) is 78.9 Å². The van der Waals surface area contributed by atoms with Crippen LogP contribution in [0, 0.1) is 6.92 Å². The summed E-state index contributed by atoms with van der Waals surface area (Å²) >= 11 is 0. The third kappa shape index (κ3) is 6.25. The molecule has 206 valence electrons. The smallest absolute Gasteiger partial charge is 0.315 e. The van der Waals surface area contributed by atoms with E-state index in [1.54, 1.807) is 12.1 Å². The van der Waals surface area contributed by atoms with Crippen molar-refractivity contribution in [1.29, 1.82) is 0 Å². The van der Waals surface area contributed by atoms with E-state index in [9.17, 15) is 9.59 Å². The van der Waals surface area contributed by atoms with Crippen LogP contribution in [0.25, 0.3) is 10.9 Å². The Labute approximate surface area is 235 Å². The molecule has 1 fully saturated rings. The summed E-state index contributed by atoms with van der Waals surface area (Å²) in [6.07, 6.45) is 5.13. The van der Waals surface area contributed by atoms with Gasteiger partial charge in [-0.2, -0.15) is 0 Å². The lowest BCUT2D eigenvalue weighted by molar-refractivity contribution is 0.0995. The van der Waals surface area contributed by atoms with Gasteiger partial charge in [0, 0.05) is 28.8 Å². The maximum absolute atomic E-state index is 13.1. The number of nitrogens with one attached hydrogen (secondary N) is 2. The normalized spacial score (nSPS) is 14.4. The van der Waals surface area contributed by atoms with Crippen LogP contribution in [-0.2, 0) is 18.6 Å². The number of para-hydroxylation sites is 1. The van der Waals surface area contributed by atoms with Crippen molar-refractivity contribution in [2.75, 3.05) is 6.54 Å². The largest absolute Gasteiger partial charge is 0.489 e. The molecule has 1 saturated carbocycles. The number of aromatic nitrogens is 1. The molecule has 0 radical (unpaired) electrons. The molecule has 0 saturated heterocycles. The Bertz CT molecular complexity index is 1500. The number of benzene rings is 3. The lowest BCUT2D eigenvalue weighted by Gasteiger charge is -2.39. The highest BCUT2D eigenvalue weighted by atomic mass is 16.5. The second kappa shape index (κ2) is 12.2. The molecule has 0 spiro atoms. The second-order valence-corrected chi connectivity index (χ2v) is 10.6. The fourth-order valence-electron chi connectivity index (χ4n) is 5.74. The summed E-state index contributed by atoms with van der Waals surface area (Å²) in [5, 5.41) is 7.28. The van der Waals surface area contributed by atoms with Crippen molar-refractivity contribution in [2.45, 2.75) is 57.6 Å². The number of nitrogens with two attached hydrogens (primary N) is 1. The SMILES string of the molecule is Cc1cc(COc2ccc(C(N)=O)c(C3(NC(=O)NCCc4ccccc4)CCCCC3)c2)c2ccccc2n1. The standard InChI is InChI=1S/C33H36N4O3/c1-23-20-25(27-12-6-7-13-30(27)36-23)22-40-26-14-15-28(31(34)38)29(21-26)33(17-8-3-9-18-33)37-32(39)35-19-16-24-10-4-2-5-11-24/h2,4-7,10-15,20-21H,3,8-9,16-19,22H2,1H3,(H2,34,38)(H2,35,37,39). The first-order valence-corrected chi connectivity index (χ1v) is 14.0. The van der Waals surface area contributed by atoms with Crippen LogP contribution < -0.4 is 21.1 Å². The molecule has 4 aromatic rings. The number of hydrogen-bond donors (Lipinski definition) is 3. The number of fused-ring (bicyclic) bond motifs is 1. The number of pyridine rings is 1. The summed E-state index contributed by atoms with van der Waals surface area (Å²) in [6.45, 7) is 2.83. The Morgan fingerprint density at radius 1 is 0.950 bits per heavy atom. The Hall–Kier alpha value is -4.39. The van der Waals surface area contributed by atoms with E-state index in [0.717, 1.165) is 66.2 Å². The van der Waals surface area contributed by atoms with Crippen molar-refractivity contribution in [2.24, 2.45) is 5.73 Å². The maximum atomic E-state index is 13.1. The van der Waals surface area contributed by atoms with E-state index in [1.807, 2.05) is 73.7 Å². The zero-order valence-corrected chi connectivity index (χ0v) is 22.9. The monoisotopic (exact) mass is 536 g/mol. The quantitative estimate of drug-likeness (QED) is 0.247. The zero-order valence-electron chi connectivity index (χ0n) is 22.9. The number of rotatable bonds is 9. The molecule has 0 bridgehead atoms. The molecule has 40 heavy (non-hydrogen) atoms. The number of carbonyl (C=O) groups excluding carboxylic acids is 2. The molecule has 3 aromatic carbocycles. The first-order chi connectivity index (χ1) is 19.4. The van der Waals surface area contributed by atoms with Gasteiger partial charge in [-0.25, -0.2) is 4.79 Å². The van der Waals surface area contributed by atoms with E-state index in [-0.39, 0.29) is 6.03 Å². The van der Waals surface area contributed by atoms with Crippen LogP contribution in [0.3, 0.4) is 0 Å². The molecular formula is C33H36N4O3. The minimum Gasteiger partial charge on any atom is -0.489 e. The highest BCUT2D eigenvalue weighted by molar-refractivity contribution is 5.95. The minimum atomic E-state index is -0.710. The number of amides is 3. The third-order valence-corrected chi connectivity index (χ3v) is 7.70. The molecule has 0 unspecified atom stereocenters. The molecular weight excluding hydrogens is 500 g/mol. The molecule has 3 amide bonds. The van der Waals surface area contributed by atoms with Gasteiger partial charge < -0.3 is 21.1 Å². The van der Waals surface area contributed by atoms with E-state index in [2.05, 4.69) is 15.6 Å². The summed E-state index contributed by atoms with van der Waals surface area (Å²) in [4.78, 5) is 30.3. The van der Waals surface area contributed by atoms with Gasteiger partial charge in [0.05, 0.1) is 11.1 Å². The Kier molecular flexibility index (Phi) is 8.29. The zero-order chi connectivity index (χ0) is 28.0. The number of primary amides is 1. The molecule has 4 N–H and O–H groups in total. The number of ether oxygens (including phenoxy) is 1. The summed E-state index contributed by atoms with van der Waals surface area (Å²) in [7, 11) is 0. The van der Waals surface area contributed by atoms with Crippen LogP contribution in [-0.4, -0.2) is 23.5 Å². The molecule has 5 rings (SSSR count). The average Bonchev–Trinajstić information content (AvgIpc) is 2.96. The molecule has 0 aliphatic heterocycles. The molecule has 7 nitrogen and oxygen atoms in total. The summed E-state index contributed by atoms with van der Waals surface area (Å²) in [6, 6.07) is 25.2. The number of aryl methyl sites for hydroxylation is 1. The van der Waals surface area contributed by atoms with E-state index in [0.29, 0.717) is 30.0 Å². The molecule has 1 aliphatic rings. The lowest BCUT2D eigenvalue weighted by atomic mass is 9.74. The molecule has 1 aliphatic carbocycles. The highest BCUT2D eigenvalue weighted by Crippen LogP contribution is 2.40. The van der Waals surface area contributed by atoms with Gasteiger partial charge >= 0.3 is 6.03 Å². The summed E-state index contributed by atoms with van der Waals surface area (Å²) < 4.78 is 6.28. The summed E-state index contributed by atoms with van der Waals surface area (Å²) in [5.41, 5.74) is 10.3. The molecule has 7 heteroatoms. The van der Waals surface area contributed by atoms with Crippen molar-refractivity contribution in [1.82, 2.24) is 15.6 Å². The number of hydrogen-bond acceptors (Lipinski definition) is 4. The van der Waals surface area contributed by atoms with E-state index in [4.69, 9.17) is 10.5 Å². The van der Waals surface area contributed by atoms with Gasteiger partial charge in [-0.3, -0.25) is 9.78 Å². The van der Waals surface area contributed by atoms with E-state index < -0.39 is 11.4 Å². The second-order valence-electron chi connectivity index (χ2n) is 10.6. The molecule has 1 aromatic heterocycles. The Morgan fingerprint density at radius 2 is 1.70 bits per heavy atom. The van der Waals surface area contributed by atoms with Crippen molar-refractivity contribution >= 4 is 22.8 Å². The highest BCUT2D eigenvalue weighted by Gasteiger charge is 2.38. The summed E-state index contributed by atoms with van der Waals surface area (Å²) in [5.74, 6) is 0.100. The van der Waals surface area contributed by atoms with Crippen LogP contribution in [0.5, 0.6) is 5.75 Å².